The summed E-state index contributed by atoms with van der Waals surface area (Å²) in [6.45, 7) is 10.3. The lowest BCUT2D eigenvalue weighted by molar-refractivity contribution is -0.110. The summed E-state index contributed by atoms with van der Waals surface area (Å²) in [7, 11) is 0. The topological polar surface area (TPSA) is 63.8 Å². The van der Waals surface area contributed by atoms with E-state index in [2.05, 4.69) is 43.1 Å². The molecule has 1 heterocycles. The Bertz CT molecular complexity index is 794. The highest BCUT2D eigenvalue weighted by molar-refractivity contribution is 5.07. The lowest BCUT2D eigenvalue weighted by Gasteiger charge is -2.57. The molecule has 5 heteroatoms. The van der Waals surface area contributed by atoms with Crippen LogP contribution in [-0.4, -0.2) is 30.9 Å². The van der Waals surface area contributed by atoms with Crippen LogP contribution in [0.3, 0.4) is 0 Å². The van der Waals surface area contributed by atoms with Gasteiger partial charge in [0, 0.05) is 6.42 Å². The number of aryl methyl sites for hydroxylation is 1. The smallest absolute Gasteiger partial charge is 0.174 e. The highest BCUT2D eigenvalue weighted by atomic mass is 16.3. The average Bonchev–Trinajstić information content (AvgIpc) is 3.36. The molecule has 1 aromatic heterocycles. The maximum absolute atomic E-state index is 11.1. The number of tetrazole rings is 1. The molecule has 0 radical (unpaired) electrons. The summed E-state index contributed by atoms with van der Waals surface area (Å²) in [5, 5.41) is 24.2. The van der Waals surface area contributed by atoms with Crippen LogP contribution < -0.4 is 0 Å². The predicted octanol–water partition coefficient (Wildman–Crippen LogP) is 5.67. The summed E-state index contributed by atoms with van der Waals surface area (Å²) in [5.74, 6) is 6.69. The molecule has 32 heavy (non-hydrogen) atoms. The quantitative estimate of drug-likeness (QED) is 0.616. The summed E-state index contributed by atoms with van der Waals surface area (Å²) in [6, 6.07) is 0. The minimum absolute atomic E-state index is 0.354. The standard InChI is InChI=1S/C27H46N4O/c1-5-13-27(32)15-12-20-19(16-27)7-8-22-21(20)11-14-26(4)23(9-10-24(22)26)18(3)17-31-29-25(6-2)28-30-31/h18-24,32H,5-17H2,1-4H3/t18-,19-,20+,21-,22-,23-,24+,26-,27-/m1/s1. The predicted molar refractivity (Wildman–Crippen MR) is 127 cm³/mol. The minimum Gasteiger partial charge on any atom is -0.390 e. The molecule has 0 aromatic carbocycles. The third kappa shape index (κ3) is 3.84. The van der Waals surface area contributed by atoms with Crippen LogP contribution >= 0.6 is 0 Å². The molecule has 0 aliphatic heterocycles. The van der Waals surface area contributed by atoms with Crippen molar-refractivity contribution in [3.05, 3.63) is 5.82 Å². The van der Waals surface area contributed by atoms with Crippen molar-refractivity contribution in [1.82, 2.24) is 20.2 Å². The zero-order valence-electron chi connectivity index (χ0n) is 21.0. The van der Waals surface area contributed by atoms with Gasteiger partial charge < -0.3 is 5.11 Å². The third-order valence-electron chi connectivity index (χ3n) is 10.8. The third-order valence-corrected chi connectivity index (χ3v) is 10.8. The van der Waals surface area contributed by atoms with E-state index in [-0.39, 0.29) is 5.60 Å². The van der Waals surface area contributed by atoms with Gasteiger partial charge in [-0.3, -0.25) is 0 Å². The second-order valence-electron chi connectivity index (χ2n) is 12.5. The minimum atomic E-state index is -0.354. The van der Waals surface area contributed by atoms with Crippen LogP contribution in [0, 0.1) is 46.8 Å². The Labute approximate surface area is 195 Å². The van der Waals surface area contributed by atoms with E-state index in [0.717, 1.165) is 80.0 Å². The summed E-state index contributed by atoms with van der Waals surface area (Å²) in [5.41, 5.74) is 0.131. The highest BCUT2D eigenvalue weighted by Gasteiger charge is 2.58. The normalized spacial score (nSPS) is 44.5. The molecule has 1 N–H and O–H groups in total. The van der Waals surface area contributed by atoms with Crippen LogP contribution in [0.25, 0.3) is 0 Å². The molecular formula is C27H46N4O. The molecule has 180 valence electrons. The first-order valence-corrected chi connectivity index (χ1v) is 13.9. The van der Waals surface area contributed by atoms with Crippen LogP contribution in [0.5, 0.6) is 0 Å². The molecule has 5 rings (SSSR count). The van der Waals surface area contributed by atoms with E-state index >= 15 is 0 Å². The molecule has 4 fully saturated rings. The fourth-order valence-corrected chi connectivity index (χ4v) is 9.51. The molecule has 5 nitrogen and oxygen atoms in total. The van der Waals surface area contributed by atoms with E-state index < -0.39 is 0 Å². The van der Waals surface area contributed by atoms with Crippen molar-refractivity contribution in [3.63, 3.8) is 0 Å². The zero-order valence-corrected chi connectivity index (χ0v) is 21.0. The van der Waals surface area contributed by atoms with Crippen molar-refractivity contribution in [1.29, 1.82) is 0 Å². The van der Waals surface area contributed by atoms with E-state index in [4.69, 9.17) is 0 Å². The second-order valence-corrected chi connectivity index (χ2v) is 12.5. The van der Waals surface area contributed by atoms with Gasteiger partial charge in [0.15, 0.2) is 5.82 Å². The molecule has 0 amide bonds. The van der Waals surface area contributed by atoms with E-state index in [9.17, 15) is 5.11 Å². The van der Waals surface area contributed by atoms with Crippen molar-refractivity contribution in [2.24, 2.45) is 46.8 Å². The second kappa shape index (κ2) is 8.67. The lowest BCUT2D eigenvalue weighted by atomic mass is 9.48. The Morgan fingerprint density at radius 3 is 2.59 bits per heavy atom. The van der Waals surface area contributed by atoms with Gasteiger partial charge >= 0.3 is 0 Å². The Balaban J connectivity index is 1.27. The average molecular weight is 443 g/mol. The Morgan fingerprint density at radius 1 is 1.03 bits per heavy atom. The number of aromatic nitrogens is 4. The number of fused-ring (bicyclic) bond motifs is 5. The Hall–Kier alpha value is -0.970. The first-order chi connectivity index (χ1) is 15.4. The molecular weight excluding hydrogens is 396 g/mol. The van der Waals surface area contributed by atoms with Crippen LogP contribution in [0.15, 0.2) is 0 Å². The van der Waals surface area contributed by atoms with Gasteiger partial charge in [0.25, 0.3) is 0 Å². The maximum Gasteiger partial charge on any atom is 0.174 e. The van der Waals surface area contributed by atoms with E-state index in [0.29, 0.717) is 11.3 Å². The fraction of sp³-hybridized carbons (Fsp3) is 0.963. The first kappa shape index (κ1) is 22.8. The molecule has 4 saturated carbocycles. The monoisotopic (exact) mass is 442 g/mol. The molecule has 1 aromatic rings. The number of rotatable bonds is 6. The molecule has 9 atom stereocenters. The van der Waals surface area contributed by atoms with Crippen LogP contribution in [0.2, 0.25) is 0 Å². The van der Waals surface area contributed by atoms with Gasteiger partial charge in [-0.15, -0.1) is 10.2 Å². The van der Waals surface area contributed by atoms with Crippen molar-refractivity contribution < 1.29 is 5.11 Å². The zero-order chi connectivity index (χ0) is 22.5. The Morgan fingerprint density at radius 2 is 1.84 bits per heavy atom. The van der Waals surface area contributed by atoms with Crippen LogP contribution in [-0.2, 0) is 13.0 Å². The van der Waals surface area contributed by atoms with Crippen LogP contribution in [0.1, 0.15) is 104 Å². The van der Waals surface area contributed by atoms with Gasteiger partial charge in [-0.05, 0) is 116 Å². The lowest BCUT2D eigenvalue weighted by Crippen LogP contribution is -2.51. The summed E-state index contributed by atoms with van der Waals surface area (Å²) < 4.78 is 0. The summed E-state index contributed by atoms with van der Waals surface area (Å²) in [6.07, 6.45) is 14.8. The van der Waals surface area contributed by atoms with Crippen molar-refractivity contribution in [3.8, 4) is 0 Å². The van der Waals surface area contributed by atoms with Gasteiger partial charge in [-0.1, -0.05) is 34.1 Å². The number of nitrogens with zero attached hydrogens (tertiary/aromatic N) is 4. The van der Waals surface area contributed by atoms with Gasteiger partial charge in [0.1, 0.15) is 0 Å². The van der Waals surface area contributed by atoms with Crippen LogP contribution in [0.4, 0.5) is 0 Å². The van der Waals surface area contributed by atoms with Gasteiger partial charge in [0.2, 0.25) is 0 Å². The van der Waals surface area contributed by atoms with Gasteiger partial charge in [-0.25, -0.2) is 0 Å². The first-order valence-electron chi connectivity index (χ1n) is 13.9. The summed E-state index contributed by atoms with van der Waals surface area (Å²) >= 11 is 0. The molecule has 0 saturated heterocycles. The number of hydrogen-bond acceptors (Lipinski definition) is 4. The van der Waals surface area contributed by atoms with E-state index in [1.807, 2.05) is 4.80 Å². The number of hydrogen-bond donors (Lipinski definition) is 1. The SMILES string of the molecule is CCC[C@@]1(O)CC[C@H]2[C@H](CC[C@@H]3[C@@H]2CC[C@]2(C)[C@@H]([C@H](C)Cn4nnc(CC)n4)CC[C@@H]32)C1. The molecule has 0 spiro atoms. The molecule has 4 aliphatic rings. The Kier molecular flexibility index (Phi) is 6.18. The van der Waals surface area contributed by atoms with E-state index in [1.54, 1.807) is 0 Å². The molecule has 4 aliphatic carbocycles. The number of aliphatic hydroxyl groups is 1. The fourth-order valence-electron chi connectivity index (χ4n) is 9.51. The highest BCUT2D eigenvalue weighted by Crippen LogP contribution is 2.65. The molecule has 0 unspecified atom stereocenters. The van der Waals surface area contributed by atoms with Gasteiger partial charge in [-0.2, -0.15) is 4.80 Å². The van der Waals surface area contributed by atoms with Crippen molar-refractivity contribution in [2.75, 3.05) is 0 Å². The van der Waals surface area contributed by atoms with Gasteiger partial charge in [0.05, 0.1) is 12.1 Å². The van der Waals surface area contributed by atoms with Crippen molar-refractivity contribution >= 4 is 0 Å². The van der Waals surface area contributed by atoms with Crippen molar-refractivity contribution in [2.45, 2.75) is 117 Å². The largest absolute Gasteiger partial charge is 0.390 e. The maximum atomic E-state index is 11.1. The van der Waals surface area contributed by atoms with E-state index in [1.165, 1.54) is 44.9 Å². The molecule has 0 bridgehead atoms. The summed E-state index contributed by atoms with van der Waals surface area (Å²) in [4.78, 5) is 1.86.